The van der Waals surface area contributed by atoms with Gasteiger partial charge in [-0.05, 0) is 40.5 Å². The van der Waals surface area contributed by atoms with Crippen molar-refractivity contribution < 1.29 is 0 Å². The average molecular weight is 195 g/mol. The van der Waals surface area contributed by atoms with Crippen molar-refractivity contribution in [3.63, 3.8) is 0 Å². The lowest BCUT2D eigenvalue weighted by Crippen LogP contribution is -2.60. The highest BCUT2D eigenvalue weighted by Crippen LogP contribution is 2.25. The molecule has 0 amide bonds. The minimum atomic E-state index is 0.117. The fourth-order valence-corrected chi connectivity index (χ4v) is 2.03. The van der Waals surface area contributed by atoms with Crippen LogP contribution in [0, 0.1) is 0 Å². The summed E-state index contributed by atoms with van der Waals surface area (Å²) in [6.45, 7) is 11.2. The number of fused-ring (bicyclic) bond motifs is 1. The van der Waals surface area contributed by atoms with Gasteiger partial charge in [-0.25, -0.2) is 4.99 Å². The van der Waals surface area contributed by atoms with Gasteiger partial charge in [0.15, 0.2) is 5.96 Å². The maximum absolute atomic E-state index is 4.76. The van der Waals surface area contributed by atoms with Crippen LogP contribution in [0.5, 0.6) is 0 Å². The largest absolute Gasteiger partial charge is 0.351 e. The third-order valence-electron chi connectivity index (χ3n) is 3.16. The Labute approximate surface area is 86.6 Å². The van der Waals surface area contributed by atoms with Gasteiger partial charge in [0.25, 0.3) is 0 Å². The predicted molar refractivity (Wildman–Crippen MR) is 59.5 cm³/mol. The third kappa shape index (κ3) is 1.86. The Bertz CT molecular complexity index is 266. The molecule has 0 aromatic carbocycles. The van der Waals surface area contributed by atoms with Gasteiger partial charge in [-0.3, -0.25) is 0 Å². The molecule has 0 unspecified atom stereocenters. The van der Waals surface area contributed by atoms with E-state index in [2.05, 4.69) is 37.9 Å². The van der Waals surface area contributed by atoms with Gasteiger partial charge in [-0.2, -0.15) is 0 Å². The first-order chi connectivity index (χ1) is 6.38. The van der Waals surface area contributed by atoms with Crippen LogP contribution >= 0.6 is 0 Å². The van der Waals surface area contributed by atoms with Crippen molar-refractivity contribution in [3.05, 3.63) is 0 Å². The molecule has 0 aliphatic carbocycles. The van der Waals surface area contributed by atoms with E-state index >= 15 is 0 Å². The molecule has 1 N–H and O–H groups in total. The van der Waals surface area contributed by atoms with Crippen LogP contribution in [0.4, 0.5) is 0 Å². The molecule has 2 aliphatic rings. The molecule has 1 fully saturated rings. The van der Waals surface area contributed by atoms with Gasteiger partial charge in [-0.15, -0.1) is 0 Å². The van der Waals surface area contributed by atoms with Crippen LogP contribution in [0.25, 0.3) is 0 Å². The molecule has 0 bridgehead atoms. The Morgan fingerprint density at radius 1 is 1.14 bits per heavy atom. The number of guanidine groups is 1. The van der Waals surface area contributed by atoms with E-state index in [4.69, 9.17) is 4.99 Å². The molecule has 0 aromatic rings. The summed E-state index contributed by atoms with van der Waals surface area (Å²) in [6, 6.07) is 0. The number of hydrogen-bond acceptors (Lipinski definition) is 3. The third-order valence-corrected chi connectivity index (χ3v) is 3.16. The SMILES string of the molecule is CC1(C)CCN2CCC(C)(C)NC2=N1. The summed E-state index contributed by atoms with van der Waals surface area (Å²) in [5.74, 6) is 1.11. The van der Waals surface area contributed by atoms with Crippen molar-refractivity contribution in [1.29, 1.82) is 0 Å². The van der Waals surface area contributed by atoms with Crippen LogP contribution in [0.15, 0.2) is 4.99 Å². The van der Waals surface area contributed by atoms with Crippen molar-refractivity contribution in [2.24, 2.45) is 4.99 Å². The predicted octanol–water partition coefficient (Wildman–Crippen LogP) is 1.60. The van der Waals surface area contributed by atoms with Gasteiger partial charge >= 0.3 is 0 Å². The fraction of sp³-hybridized carbons (Fsp3) is 0.909. The molecule has 0 spiro atoms. The molecule has 14 heavy (non-hydrogen) atoms. The topological polar surface area (TPSA) is 27.6 Å². The van der Waals surface area contributed by atoms with E-state index in [1.54, 1.807) is 0 Å². The zero-order chi connectivity index (χ0) is 10.4. The highest BCUT2D eigenvalue weighted by Gasteiger charge is 2.34. The second kappa shape index (κ2) is 2.88. The van der Waals surface area contributed by atoms with Crippen LogP contribution in [0.3, 0.4) is 0 Å². The van der Waals surface area contributed by atoms with Gasteiger partial charge in [-0.1, -0.05) is 0 Å². The Hall–Kier alpha value is -0.730. The molecule has 0 atom stereocenters. The molecule has 3 nitrogen and oxygen atoms in total. The zero-order valence-electron chi connectivity index (χ0n) is 9.72. The number of nitrogens with zero attached hydrogens (tertiary/aromatic N) is 2. The van der Waals surface area contributed by atoms with Gasteiger partial charge < -0.3 is 10.2 Å². The summed E-state index contributed by atoms with van der Waals surface area (Å²) >= 11 is 0. The zero-order valence-corrected chi connectivity index (χ0v) is 9.72. The maximum Gasteiger partial charge on any atom is 0.194 e. The van der Waals surface area contributed by atoms with E-state index in [-0.39, 0.29) is 11.1 Å². The normalized spacial score (nSPS) is 28.9. The Kier molecular flexibility index (Phi) is 2.02. The summed E-state index contributed by atoms with van der Waals surface area (Å²) in [5.41, 5.74) is 0.328. The van der Waals surface area contributed by atoms with Crippen LogP contribution in [0.2, 0.25) is 0 Å². The summed E-state index contributed by atoms with van der Waals surface area (Å²) in [4.78, 5) is 7.13. The Morgan fingerprint density at radius 2 is 1.79 bits per heavy atom. The average Bonchev–Trinajstić information content (AvgIpc) is 1.99. The lowest BCUT2D eigenvalue weighted by atomic mass is 9.95. The van der Waals surface area contributed by atoms with Gasteiger partial charge in [0, 0.05) is 18.6 Å². The van der Waals surface area contributed by atoms with Crippen LogP contribution < -0.4 is 5.32 Å². The van der Waals surface area contributed by atoms with Crippen molar-refractivity contribution >= 4 is 5.96 Å². The standard InChI is InChI=1S/C11H21N3/c1-10(2)5-7-14-8-6-11(3,4)13-9(14)12-10/h5-8H2,1-4H3,(H,12,13). The van der Waals surface area contributed by atoms with E-state index in [1.807, 2.05) is 0 Å². The number of nitrogens with one attached hydrogen (secondary N) is 1. The highest BCUT2D eigenvalue weighted by molar-refractivity contribution is 5.82. The smallest absolute Gasteiger partial charge is 0.194 e. The molecule has 0 saturated carbocycles. The summed E-state index contributed by atoms with van der Waals surface area (Å²) in [7, 11) is 0. The molecule has 1 saturated heterocycles. The Balaban J connectivity index is 2.20. The van der Waals surface area contributed by atoms with Crippen molar-refractivity contribution in [2.45, 2.75) is 51.6 Å². The highest BCUT2D eigenvalue weighted by atomic mass is 15.4. The minimum Gasteiger partial charge on any atom is -0.351 e. The van der Waals surface area contributed by atoms with Crippen LogP contribution in [-0.2, 0) is 0 Å². The van der Waals surface area contributed by atoms with E-state index in [1.165, 1.54) is 12.8 Å². The molecule has 3 heteroatoms. The molecular weight excluding hydrogens is 174 g/mol. The molecule has 2 aliphatic heterocycles. The maximum atomic E-state index is 4.76. The first-order valence-corrected chi connectivity index (χ1v) is 5.51. The number of aliphatic imine (C=N–C) groups is 1. The van der Waals surface area contributed by atoms with Crippen molar-refractivity contribution in [3.8, 4) is 0 Å². The molecular formula is C11H21N3. The van der Waals surface area contributed by atoms with E-state index < -0.39 is 0 Å². The van der Waals surface area contributed by atoms with Crippen LogP contribution in [-0.4, -0.2) is 35.0 Å². The summed E-state index contributed by atoms with van der Waals surface area (Å²) < 4.78 is 0. The summed E-state index contributed by atoms with van der Waals surface area (Å²) in [5, 5.41) is 3.53. The van der Waals surface area contributed by atoms with Crippen molar-refractivity contribution in [2.75, 3.05) is 13.1 Å². The first-order valence-electron chi connectivity index (χ1n) is 5.51. The summed E-state index contributed by atoms with van der Waals surface area (Å²) in [6.07, 6.45) is 2.37. The first kappa shape index (κ1) is 9.81. The fourth-order valence-electron chi connectivity index (χ4n) is 2.03. The lowest BCUT2D eigenvalue weighted by molar-refractivity contribution is 0.234. The van der Waals surface area contributed by atoms with Gasteiger partial charge in [0.2, 0.25) is 0 Å². The second-order valence-electron chi connectivity index (χ2n) is 5.74. The number of hydrogen-bond donors (Lipinski definition) is 1. The minimum absolute atomic E-state index is 0.117. The second-order valence-corrected chi connectivity index (χ2v) is 5.74. The van der Waals surface area contributed by atoms with Gasteiger partial charge in [0.05, 0.1) is 5.54 Å². The van der Waals surface area contributed by atoms with Crippen molar-refractivity contribution in [1.82, 2.24) is 10.2 Å². The lowest BCUT2D eigenvalue weighted by Gasteiger charge is -2.45. The number of rotatable bonds is 0. The quantitative estimate of drug-likeness (QED) is 0.636. The molecule has 0 aromatic heterocycles. The molecule has 2 heterocycles. The van der Waals surface area contributed by atoms with E-state index in [0.29, 0.717) is 0 Å². The van der Waals surface area contributed by atoms with Gasteiger partial charge in [0.1, 0.15) is 0 Å². The van der Waals surface area contributed by atoms with E-state index in [9.17, 15) is 0 Å². The molecule has 2 rings (SSSR count). The monoisotopic (exact) mass is 195 g/mol. The Morgan fingerprint density at radius 3 is 2.50 bits per heavy atom. The van der Waals surface area contributed by atoms with E-state index in [0.717, 1.165) is 19.0 Å². The molecule has 80 valence electrons. The molecule has 0 radical (unpaired) electrons. The van der Waals surface area contributed by atoms with Crippen LogP contribution in [0.1, 0.15) is 40.5 Å².